The Morgan fingerprint density at radius 3 is 1.37 bits per heavy atom. The first-order valence-corrected chi connectivity index (χ1v) is 30.4. The molecule has 406 valence electrons. The minimum absolute atomic E-state index is 0.187. The molecule has 7 fully saturated rings. The highest BCUT2D eigenvalue weighted by molar-refractivity contribution is 5.86. The van der Waals surface area contributed by atoms with Gasteiger partial charge in [-0.05, 0) is 157 Å². The van der Waals surface area contributed by atoms with Gasteiger partial charge in [-0.3, -0.25) is 0 Å². The van der Waals surface area contributed by atoms with Gasteiger partial charge >= 0.3 is 17.9 Å². The molecule has 10 nitrogen and oxygen atoms in total. The van der Waals surface area contributed by atoms with Gasteiger partial charge in [0.2, 0.25) is 0 Å². The molecule has 7 rings (SSSR count). The first-order valence-electron chi connectivity index (χ1n) is 30.4. The van der Waals surface area contributed by atoms with Crippen molar-refractivity contribution in [1.29, 1.82) is 0 Å². The lowest BCUT2D eigenvalue weighted by atomic mass is 9.69. The summed E-state index contributed by atoms with van der Waals surface area (Å²) in [5.74, 6) is 2.16. The zero-order valence-electron chi connectivity index (χ0n) is 45.3. The van der Waals surface area contributed by atoms with Gasteiger partial charge in [0.25, 0.3) is 0 Å². The highest BCUT2D eigenvalue weighted by Crippen LogP contribution is 2.46. The van der Waals surface area contributed by atoms with E-state index in [4.69, 9.17) is 33.2 Å². The van der Waals surface area contributed by atoms with Gasteiger partial charge in [-0.1, -0.05) is 136 Å². The van der Waals surface area contributed by atoms with Gasteiger partial charge in [0.1, 0.15) is 12.2 Å². The van der Waals surface area contributed by atoms with Crippen LogP contribution < -0.4 is 0 Å². The Balaban J connectivity index is 1.05. The van der Waals surface area contributed by atoms with E-state index >= 15 is 0 Å². The second kappa shape index (κ2) is 29.9. The number of carbonyl (C=O) groups excluding carboxylic acids is 3. The summed E-state index contributed by atoms with van der Waals surface area (Å²) in [6.07, 6.45) is 37.6. The van der Waals surface area contributed by atoms with E-state index in [0.29, 0.717) is 68.0 Å². The molecule has 1 saturated heterocycles. The van der Waals surface area contributed by atoms with E-state index in [-0.39, 0.29) is 18.8 Å². The van der Waals surface area contributed by atoms with E-state index in [1.165, 1.54) is 167 Å². The summed E-state index contributed by atoms with van der Waals surface area (Å²) in [5, 5.41) is 0. The molecule has 6 saturated carbocycles. The van der Waals surface area contributed by atoms with Gasteiger partial charge in [-0.15, -0.1) is 0 Å². The van der Waals surface area contributed by atoms with E-state index in [9.17, 15) is 14.4 Å². The molecule has 0 spiro atoms. The molecule has 0 radical (unpaired) electrons. The van der Waals surface area contributed by atoms with Crippen LogP contribution in [0.5, 0.6) is 0 Å². The van der Waals surface area contributed by atoms with Crippen molar-refractivity contribution in [2.75, 3.05) is 19.8 Å². The third-order valence-electron chi connectivity index (χ3n) is 19.1. The quantitative estimate of drug-likeness (QED) is 0.0359. The Bertz CT molecular complexity index is 1460. The van der Waals surface area contributed by atoms with Crippen LogP contribution in [0.3, 0.4) is 0 Å². The van der Waals surface area contributed by atoms with Gasteiger partial charge in [-0.25, -0.2) is 14.4 Å². The summed E-state index contributed by atoms with van der Waals surface area (Å²) >= 11 is 0. The van der Waals surface area contributed by atoms with Crippen molar-refractivity contribution in [3.05, 3.63) is 12.7 Å². The Morgan fingerprint density at radius 2 is 0.944 bits per heavy atom. The molecular weight excluding hydrogens is 893 g/mol. The lowest BCUT2D eigenvalue weighted by Gasteiger charge is -2.42. The summed E-state index contributed by atoms with van der Waals surface area (Å²) in [6, 6.07) is 0. The van der Waals surface area contributed by atoms with Crippen LogP contribution in [0.2, 0.25) is 0 Å². The third kappa shape index (κ3) is 17.8. The van der Waals surface area contributed by atoms with Crippen LogP contribution in [0.15, 0.2) is 12.7 Å². The number of hydrogen-bond acceptors (Lipinski definition) is 10. The van der Waals surface area contributed by atoms with E-state index in [1.54, 1.807) is 0 Å². The van der Waals surface area contributed by atoms with Crippen molar-refractivity contribution in [3.8, 4) is 0 Å². The van der Waals surface area contributed by atoms with E-state index in [0.717, 1.165) is 56.4 Å². The first-order chi connectivity index (χ1) is 34.6. The topological polar surface area (TPSA) is 116 Å². The average Bonchev–Trinajstić information content (AvgIpc) is 3.76. The third-order valence-corrected chi connectivity index (χ3v) is 19.1. The molecule has 1 heterocycles. The molecule has 1 aliphatic heterocycles. The predicted molar refractivity (Wildman–Crippen MR) is 279 cm³/mol. The fourth-order valence-corrected chi connectivity index (χ4v) is 14.6. The van der Waals surface area contributed by atoms with Crippen molar-refractivity contribution in [2.24, 2.45) is 47.3 Å². The molecule has 10 heteroatoms. The number of esters is 3. The maximum absolute atomic E-state index is 14.9. The fourth-order valence-electron chi connectivity index (χ4n) is 14.6. The lowest BCUT2D eigenvalue weighted by molar-refractivity contribution is -0.194. The Hall–Kier alpha value is -2.01. The molecule has 0 N–H and O–H groups in total. The highest BCUT2D eigenvalue weighted by Gasteiger charge is 2.54. The first kappa shape index (κ1) is 56.7. The molecule has 7 aliphatic rings. The van der Waals surface area contributed by atoms with Gasteiger partial charge in [0.15, 0.2) is 18.0 Å². The summed E-state index contributed by atoms with van der Waals surface area (Å²) in [7, 11) is 0. The molecule has 0 amide bonds. The number of ether oxygens (including phenoxy) is 7. The number of hydrogen-bond donors (Lipinski definition) is 0. The molecule has 0 aromatic carbocycles. The predicted octanol–water partition coefficient (Wildman–Crippen LogP) is 14.5. The molecule has 0 aromatic heterocycles. The Morgan fingerprint density at radius 1 is 0.507 bits per heavy atom. The van der Waals surface area contributed by atoms with Gasteiger partial charge in [0, 0.05) is 25.7 Å². The smallest absolute Gasteiger partial charge is 0.339 e. The normalized spacial score (nSPS) is 35.4. The Kier molecular flexibility index (Phi) is 23.9. The zero-order chi connectivity index (χ0) is 49.8. The standard InChI is InChI=1S/C61H102O10/c1-5-8-12-20-44-26-30-48(31-27-44)50-34-36-52(66-42-46-22-14-10-15-23-46)54(40-50)68-59(63)57-58(71-61(4,70-57)38-18-19-39-65-56(62)7-3)60(64)69-55-41-51(49-32-28-45(29-33-49)21-13-9-6-2)35-37-53(55)67-43-47-24-16-11-17-25-47/h7,44-55,57-58H,3,5-6,8-43H2,1-2,4H3. The van der Waals surface area contributed by atoms with Crippen LogP contribution in [-0.2, 0) is 47.5 Å². The van der Waals surface area contributed by atoms with Crippen LogP contribution in [0, 0.1) is 47.3 Å². The van der Waals surface area contributed by atoms with Crippen molar-refractivity contribution < 1.29 is 47.5 Å². The zero-order valence-corrected chi connectivity index (χ0v) is 45.3. The molecule has 0 aromatic rings. The molecule has 71 heavy (non-hydrogen) atoms. The molecule has 0 bridgehead atoms. The monoisotopic (exact) mass is 995 g/mol. The summed E-state index contributed by atoms with van der Waals surface area (Å²) in [4.78, 5) is 41.6. The summed E-state index contributed by atoms with van der Waals surface area (Å²) in [6.45, 7) is 11.5. The van der Waals surface area contributed by atoms with Crippen molar-refractivity contribution >= 4 is 17.9 Å². The van der Waals surface area contributed by atoms with Crippen LogP contribution >= 0.6 is 0 Å². The minimum atomic E-state index is -1.28. The second-order valence-electron chi connectivity index (χ2n) is 24.4. The van der Waals surface area contributed by atoms with Gasteiger partial charge in [-0.2, -0.15) is 0 Å². The van der Waals surface area contributed by atoms with Crippen LogP contribution in [0.1, 0.15) is 245 Å². The Labute approximate surface area is 431 Å². The van der Waals surface area contributed by atoms with Gasteiger partial charge < -0.3 is 33.2 Å². The maximum Gasteiger partial charge on any atom is 0.339 e. The fraction of sp³-hybridized carbons (Fsp3) is 0.918. The molecule has 8 unspecified atom stereocenters. The van der Waals surface area contributed by atoms with Crippen molar-refractivity contribution in [3.63, 3.8) is 0 Å². The van der Waals surface area contributed by atoms with E-state index in [1.807, 2.05) is 6.92 Å². The average molecular weight is 995 g/mol. The minimum Gasteiger partial charge on any atom is -0.463 e. The highest BCUT2D eigenvalue weighted by atomic mass is 16.8. The molecular formula is C61H102O10. The molecule has 8 atom stereocenters. The summed E-state index contributed by atoms with van der Waals surface area (Å²) in [5.41, 5.74) is 0. The largest absolute Gasteiger partial charge is 0.463 e. The summed E-state index contributed by atoms with van der Waals surface area (Å²) < 4.78 is 45.5. The number of carbonyl (C=O) groups is 3. The lowest BCUT2D eigenvalue weighted by Crippen LogP contribution is -2.48. The van der Waals surface area contributed by atoms with E-state index in [2.05, 4.69) is 20.4 Å². The number of rotatable bonds is 26. The SMILES string of the molecule is C=CC(=O)OCCCCC1(C)OC(C(=O)OC2CC(C3CCC(CCCCC)CC3)CCC2OCC2CCCCC2)C(C(=O)OC2CC(C3CCC(CCCCC)CC3)CCC2OCC2CCCCC2)O1. The van der Waals surface area contributed by atoms with Crippen molar-refractivity contribution in [1.82, 2.24) is 0 Å². The number of unbranched alkanes of at least 4 members (excludes halogenated alkanes) is 5. The second-order valence-corrected chi connectivity index (χ2v) is 24.4. The van der Waals surface area contributed by atoms with Crippen LogP contribution in [0.4, 0.5) is 0 Å². The van der Waals surface area contributed by atoms with Crippen LogP contribution in [-0.4, -0.2) is 80.1 Å². The van der Waals surface area contributed by atoms with Crippen LogP contribution in [0.25, 0.3) is 0 Å². The maximum atomic E-state index is 14.9. The van der Waals surface area contributed by atoms with E-state index < -0.39 is 48.1 Å². The van der Waals surface area contributed by atoms with Gasteiger partial charge in [0.05, 0.1) is 18.8 Å². The van der Waals surface area contributed by atoms with Crippen molar-refractivity contribution in [2.45, 2.75) is 288 Å². The molecule has 6 aliphatic carbocycles.